The van der Waals surface area contributed by atoms with Gasteiger partial charge < -0.3 is 5.32 Å². The highest BCUT2D eigenvalue weighted by Gasteiger charge is 2.17. The Labute approximate surface area is 184 Å². The third-order valence-electron chi connectivity index (χ3n) is 3.95. The Kier molecular flexibility index (Phi) is 6.96. The van der Waals surface area contributed by atoms with Crippen LogP contribution in [0.5, 0.6) is 0 Å². The second-order valence-electron chi connectivity index (χ2n) is 6.35. The molecule has 0 fully saturated rings. The fourth-order valence-electron chi connectivity index (χ4n) is 2.41. The number of anilines is 2. The van der Waals surface area contributed by atoms with E-state index in [0.717, 1.165) is 4.90 Å². The van der Waals surface area contributed by atoms with Gasteiger partial charge in [-0.1, -0.05) is 11.6 Å². The quantitative estimate of drug-likeness (QED) is 0.506. The van der Waals surface area contributed by atoms with Gasteiger partial charge in [0.1, 0.15) is 0 Å². The molecule has 3 aromatic rings. The smallest absolute Gasteiger partial charge is 0.264 e. The topological polar surface area (TPSA) is 101 Å². The highest BCUT2D eigenvalue weighted by atomic mass is 35.5. The first-order valence-corrected chi connectivity index (χ1v) is 11.6. The van der Waals surface area contributed by atoms with Crippen molar-refractivity contribution in [2.75, 3.05) is 10.0 Å². The van der Waals surface area contributed by atoms with Crippen LogP contribution in [0.2, 0.25) is 5.02 Å². The van der Waals surface area contributed by atoms with Crippen molar-refractivity contribution in [3.63, 3.8) is 0 Å². The number of sulfonamides is 1. The molecule has 0 radical (unpaired) electrons. The molecule has 0 aliphatic carbocycles. The molecule has 0 aliphatic heterocycles. The van der Waals surface area contributed by atoms with Gasteiger partial charge >= 0.3 is 0 Å². The number of thioether (sulfide) groups is 1. The maximum absolute atomic E-state index is 12.5. The predicted molar refractivity (Wildman–Crippen MR) is 119 cm³/mol. The van der Waals surface area contributed by atoms with Crippen LogP contribution in [0.1, 0.15) is 12.6 Å². The highest BCUT2D eigenvalue weighted by molar-refractivity contribution is 8.00. The fraction of sp³-hybridized carbons (Fsp3) is 0.150. The summed E-state index contributed by atoms with van der Waals surface area (Å²) in [5.74, 6) is -0.197. The summed E-state index contributed by atoms with van der Waals surface area (Å²) in [6.45, 7) is 3.53. The molecule has 1 aromatic heterocycles. The number of hydrogen-bond donors (Lipinski definition) is 2. The summed E-state index contributed by atoms with van der Waals surface area (Å²) < 4.78 is 27.3. The minimum atomic E-state index is -3.84. The minimum Gasteiger partial charge on any atom is -0.325 e. The van der Waals surface area contributed by atoms with Gasteiger partial charge in [-0.25, -0.2) is 23.1 Å². The summed E-state index contributed by atoms with van der Waals surface area (Å²) in [7, 11) is -3.84. The first-order chi connectivity index (χ1) is 14.2. The van der Waals surface area contributed by atoms with Crippen LogP contribution in [0, 0.1) is 6.92 Å². The standard InChI is InChI=1S/C20H19ClN4O3S2/c1-13-11-12-22-20(23-13)25-30(27,28)18-9-5-16(6-10-18)24-19(26)14(2)29-17-7-3-15(21)4-8-17/h3-12,14H,1-2H3,(H,24,26)(H,22,23,25)/t14-/m0/s1. The van der Waals surface area contributed by atoms with E-state index in [4.69, 9.17) is 11.6 Å². The molecule has 3 rings (SSSR count). The van der Waals surface area contributed by atoms with E-state index in [1.165, 1.54) is 42.2 Å². The molecular weight excluding hydrogens is 444 g/mol. The molecule has 0 saturated carbocycles. The van der Waals surface area contributed by atoms with E-state index in [9.17, 15) is 13.2 Å². The lowest BCUT2D eigenvalue weighted by atomic mass is 10.3. The average Bonchev–Trinajstić information content (AvgIpc) is 2.70. The highest BCUT2D eigenvalue weighted by Crippen LogP contribution is 2.26. The first kappa shape index (κ1) is 22.1. The normalized spacial score (nSPS) is 12.2. The zero-order chi connectivity index (χ0) is 21.7. The average molecular weight is 463 g/mol. The van der Waals surface area contributed by atoms with Crippen molar-refractivity contribution >= 4 is 50.9 Å². The fourth-order valence-corrected chi connectivity index (χ4v) is 4.35. The second-order valence-corrected chi connectivity index (χ2v) is 9.89. The van der Waals surface area contributed by atoms with Crippen LogP contribution in [0.4, 0.5) is 11.6 Å². The Hall–Kier alpha value is -2.62. The van der Waals surface area contributed by atoms with Gasteiger partial charge in [0.15, 0.2) is 0 Å². The van der Waals surface area contributed by atoms with Gasteiger partial charge in [0.25, 0.3) is 10.0 Å². The molecular formula is C20H19ClN4O3S2. The Morgan fingerprint density at radius 1 is 1.07 bits per heavy atom. The number of nitrogens with zero attached hydrogens (tertiary/aromatic N) is 2. The Balaban J connectivity index is 1.63. The molecule has 10 heteroatoms. The van der Waals surface area contributed by atoms with E-state index in [1.54, 1.807) is 32.0 Å². The number of rotatable bonds is 7. The van der Waals surface area contributed by atoms with Gasteiger partial charge in [0, 0.05) is 27.5 Å². The predicted octanol–water partition coefficient (Wildman–Crippen LogP) is 4.36. The van der Waals surface area contributed by atoms with Gasteiger partial charge in [-0.3, -0.25) is 4.79 Å². The summed E-state index contributed by atoms with van der Waals surface area (Å²) in [5, 5.41) is 3.07. The molecule has 7 nitrogen and oxygen atoms in total. The Bertz CT molecular complexity index is 1140. The van der Waals surface area contributed by atoms with Crippen LogP contribution in [0.25, 0.3) is 0 Å². The van der Waals surface area contributed by atoms with Crippen LogP contribution in [-0.4, -0.2) is 29.5 Å². The monoisotopic (exact) mass is 462 g/mol. The van der Waals surface area contributed by atoms with E-state index in [-0.39, 0.29) is 22.0 Å². The lowest BCUT2D eigenvalue weighted by Crippen LogP contribution is -2.22. The van der Waals surface area contributed by atoms with Crippen molar-refractivity contribution < 1.29 is 13.2 Å². The minimum absolute atomic E-state index is 0.000397. The molecule has 0 aliphatic rings. The number of aryl methyl sites for hydroxylation is 1. The van der Waals surface area contributed by atoms with Crippen LogP contribution in [0.15, 0.2) is 70.6 Å². The first-order valence-electron chi connectivity index (χ1n) is 8.88. The molecule has 2 aromatic carbocycles. The number of carbonyl (C=O) groups is 1. The van der Waals surface area contributed by atoms with Crippen LogP contribution in [-0.2, 0) is 14.8 Å². The van der Waals surface area contributed by atoms with Crippen molar-refractivity contribution in [1.82, 2.24) is 9.97 Å². The molecule has 0 saturated heterocycles. The molecule has 1 atom stereocenters. The van der Waals surface area contributed by atoms with Crippen molar-refractivity contribution in [2.45, 2.75) is 28.9 Å². The number of nitrogens with one attached hydrogen (secondary N) is 2. The summed E-state index contributed by atoms with van der Waals surface area (Å²) in [4.78, 5) is 21.3. The third kappa shape index (κ3) is 5.94. The molecule has 2 N–H and O–H groups in total. The summed E-state index contributed by atoms with van der Waals surface area (Å²) in [6.07, 6.45) is 1.47. The number of amides is 1. The zero-order valence-electron chi connectivity index (χ0n) is 16.2. The summed E-state index contributed by atoms with van der Waals surface area (Å²) in [6, 6.07) is 14.8. The number of hydrogen-bond acceptors (Lipinski definition) is 6. The van der Waals surface area contributed by atoms with E-state index >= 15 is 0 Å². The van der Waals surface area contributed by atoms with Crippen molar-refractivity contribution in [3.8, 4) is 0 Å². The SMILES string of the molecule is Cc1ccnc(NS(=O)(=O)c2ccc(NC(=O)[C@H](C)Sc3ccc(Cl)cc3)cc2)n1. The van der Waals surface area contributed by atoms with Gasteiger partial charge in [0.05, 0.1) is 10.1 Å². The third-order valence-corrected chi connectivity index (χ3v) is 6.66. The Morgan fingerprint density at radius 2 is 1.73 bits per heavy atom. The van der Waals surface area contributed by atoms with Gasteiger partial charge in [0.2, 0.25) is 11.9 Å². The lowest BCUT2D eigenvalue weighted by molar-refractivity contribution is -0.115. The summed E-state index contributed by atoms with van der Waals surface area (Å²) >= 11 is 7.27. The van der Waals surface area contributed by atoms with Gasteiger partial charge in [-0.2, -0.15) is 0 Å². The molecule has 30 heavy (non-hydrogen) atoms. The number of benzene rings is 2. The molecule has 0 unspecified atom stereocenters. The molecule has 1 amide bonds. The molecule has 0 spiro atoms. The zero-order valence-corrected chi connectivity index (χ0v) is 18.6. The number of aromatic nitrogens is 2. The van der Waals surface area contributed by atoms with Crippen molar-refractivity contribution in [2.24, 2.45) is 0 Å². The molecule has 156 valence electrons. The number of carbonyl (C=O) groups excluding carboxylic acids is 1. The van der Waals surface area contributed by atoms with Crippen LogP contribution >= 0.6 is 23.4 Å². The maximum atomic E-state index is 12.5. The van der Waals surface area contributed by atoms with E-state index < -0.39 is 10.0 Å². The van der Waals surface area contributed by atoms with Crippen LogP contribution in [0.3, 0.4) is 0 Å². The largest absolute Gasteiger partial charge is 0.325 e. The number of halogens is 1. The van der Waals surface area contributed by atoms with Crippen molar-refractivity contribution in [3.05, 3.63) is 71.5 Å². The van der Waals surface area contributed by atoms with E-state index in [0.29, 0.717) is 16.4 Å². The van der Waals surface area contributed by atoms with Crippen LogP contribution < -0.4 is 10.0 Å². The Morgan fingerprint density at radius 3 is 2.37 bits per heavy atom. The van der Waals surface area contributed by atoms with Crippen molar-refractivity contribution in [1.29, 1.82) is 0 Å². The van der Waals surface area contributed by atoms with Gasteiger partial charge in [-0.05, 0) is 68.4 Å². The molecule has 0 bridgehead atoms. The van der Waals surface area contributed by atoms with E-state index in [1.807, 2.05) is 12.1 Å². The second kappa shape index (κ2) is 9.46. The lowest BCUT2D eigenvalue weighted by Gasteiger charge is -2.13. The van der Waals surface area contributed by atoms with Gasteiger partial charge in [-0.15, -0.1) is 11.8 Å². The maximum Gasteiger partial charge on any atom is 0.264 e. The molecule has 1 heterocycles. The summed E-state index contributed by atoms with van der Waals surface area (Å²) in [5.41, 5.74) is 1.14. The van der Waals surface area contributed by atoms with E-state index in [2.05, 4.69) is 20.0 Å².